The zero-order chi connectivity index (χ0) is 12.9. The third kappa shape index (κ3) is 5.01. The summed E-state index contributed by atoms with van der Waals surface area (Å²) in [5.41, 5.74) is -2.88. The minimum atomic E-state index is -4.58. The van der Waals surface area contributed by atoms with Gasteiger partial charge >= 0.3 is 95.3 Å². The molecule has 0 saturated carbocycles. The fourth-order valence-electron chi connectivity index (χ4n) is 0.818. The molecule has 0 spiro atoms. The van der Waals surface area contributed by atoms with Gasteiger partial charge in [-0.1, -0.05) is 0 Å². The number of rotatable bonds is 6. The Bertz CT molecular complexity index is 375. The number of hydrogen-bond donors (Lipinski definition) is 3. The summed E-state index contributed by atoms with van der Waals surface area (Å²) in [5.74, 6) is -5.11. The first-order chi connectivity index (χ1) is 7.17. The molecule has 0 saturated heterocycles. The maximum atomic E-state index is 10.8. The Morgan fingerprint density at radius 2 is 1.62 bits per heavy atom. The van der Waals surface area contributed by atoms with Crippen LogP contribution in [0.25, 0.3) is 0 Å². The number of carboxylic acids is 2. The van der Waals surface area contributed by atoms with Gasteiger partial charge in [0, 0.05) is 0 Å². The Balaban J connectivity index is 4.74. The predicted octanol–water partition coefficient (Wildman–Crippen LogP) is -2.21. The van der Waals surface area contributed by atoms with Gasteiger partial charge < -0.3 is 0 Å². The average Bonchev–Trinajstić information content (AvgIpc) is 1.98. The standard InChI is InChI=1S/C6H8O9Te/c7-3(8)1-6(12,5(10)11)2-4(9)15-16(13)14/h12,16H,1-2H2,(H,7,8)(H,10,11). The second-order valence-corrected chi connectivity index (χ2v) is 4.57. The molecule has 0 aliphatic carbocycles. The SMILES string of the molecule is O=C(O)CC(O)(CC(=O)O[TeH](=O)=O)C(=O)O. The Kier molecular flexibility index (Phi) is 5.29. The summed E-state index contributed by atoms with van der Waals surface area (Å²) in [6.07, 6.45) is -2.49. The Hall–Kier alpha value is -1.24. The summed E-state index contributed by atoms with van der Waals surface area (Å²) in [7, 11) is 0. The Morgan fingerprint density at radius 1 is 1.12 bits per heavy atom. The summed E-state index contributed by atoms with van der Waals surface area (Å²) in [5, 5.41) is 26.1. The molecule has 3 N–H and O–H groups in total. The van der Waals surface area contributed by atoms with Crippen LogP contribution in [0, 0.1) is 0 Å². The van der Waals surface area contributed by atoms with E-state index in [1.807, 2.05) is 0 Å². The molecule has 0 bridgehead atoms. The normalized spacial score (nSPS) is 14.1. The molecule has 1 unspecified atom stereocenters. The van der Waals surface area contributed by atoms with Crippen molar-refractivity contribution in [3.63, 3.8) is 0 Å². The molecule has 0 heterocycles. The summed E-state index contributed by atoms with van der Waals surface area (Å²) in [6, 6.07) is 0. The molecular formula is C6H8O9Te. The van der Waals surface area contributed by atoms with Gasteiger partial charge in [0.05, 0.1) is 0 Å². The van der Waals surface area contributed by atoms with E-state index in [4.69, 9.17) is 10.2 Å². The zero-order valence-electron chi connectivity index (χ0n) is 7.65. The van der Waals surface area contributed by atoms with Gasteiger partial charge in [-0.3, -0.25) is 0 Å². The quantitative estimate of drug-likeness (QED) is 0.451. The van der Waals surface area contributed by atoms with Gasteiger partial charge in [-0.05, 0) is 0 Å². The van der Waals surface area contributed by atoms with Crippen molar-refractivity contribution in [2.45, 2.75) is 18.4 Å². The number of carboxylic acid groups (broad SMARTS) is 2. The zero-order valence-corrected chi connectivity index (χ0v) is 10.2. The number of carbonyl (C=O) groups excluding carboxylic acids is 1. The van der Waals surface area contributed by atoms with E-state index in [-0.39, 0.29) is 0 Å². The van der Waals surface area contributed by atoms with Crippen LogP contribution in [0.4, 0.5) is 0 Å². The van der Waals surface area contributed by atoms with E-state index in [2.05, 4.69) is 3.10 Å². The second-order valence-electron chi connectivity index (χ2n) is 2.77. The number of hydrogen-bond acceptors (Lipinski definition) is 7. The fraction of sp³-hybridized carbons (Fsp3) is 0.500. The van der Waals surface area contributed by atoms with Gasteiger partial charge in [-0.15, -0.1) is 0 Å². The summed E-state index contributed by atoms with van der Waals surface area (Å²) >= 11 is -4.58. The van der Waals surface area contributed by atoms with Gasteiger partial charge in [0.2, 0.25) is 0 Å². The molecule has 16 heavy (non-hydrogen) atoms. The molecular weight excluding hydrogens is 344 g/mol. The monoisotopic (exact) mass is 354 g/mol. The van der Waals surface area contributed by atoms with Gasteiger partial charge in [0.25, 0.3) is 0 Å². The molecule has 92 valence electrons. The van der Waals surface area contributed by atoms with E-state index >= 15 is 0 Å². The van der Waals surface area contributed by atoms with Gasteiger partial charge in [0.15, 0.2) is 0 Å². The number of aliphatic hydroxyl groups is 1. The molecule has 1 atom stereocenters. The Labute approximate surface area is 95.6 Å². The number of carbonyl (C=O) groups is 3. The molecule has 0 aliphatic heterocycles. The fourth-order valence-corrected chi connectivity index (χ4v) is 1.48. The molecule has 0 fully saturated rings. The average molecular weight is 352 g/mol. The molecule has 0 amide bonds. The maximum absolute atomic E-state index is 10.8. The minimum absolute atomic E-state index is 1.24. The molecule has 0 aromatic rings. The van der Waals surface area contributed by atoms with E-state index in [1.165, 1.54) is 0 Å². The van der Waals surface area contributed by atoms with E-state index in [0.29, 0.717) is 0 Å². The van der Waals surface area contributed by atoms with Crippen LogP contribution in [0.5, 0.6) is 0 Å². The second kappa shape index (κ2) is 5.74. The predicted molar refractivity (Wildman–Crippen MR) is 44.1 cm³/mol. The molecule has 0 radical (unpaired) electrons. The van der Waals surface area contributed by atoms with Gasteiger partial charge in [-0.2, -0.15) is 0 Å². The van der Waals surface area contributed by atoms with Crippen LogP contribution in [0.1, 0.15) is 12.8 Å². The van der Waals surface area contributed by atoms with Crippen LogP contribution in [0.15, 0.2) is 0 Å². The van der Waals surface area contributed by atoms with Crippen LogP contribution in [-0.2, 0) is 23.7 Å². The van der Waals surface area contributed by atoms with Crippen LogP contribution in [0.2, 0.25) is 0 Å². The van der Waals surface area contributed by atoms with Crippen molar-refractivity contribution in [2.24, 2.45) is 0 Å². The van der Waals surface area contributed by atoms with Gasteiger partial charge in [-0.25, -0.2) is 0 Å². The van der Waals surface area contributed by atoms with Crippen molar-refractivity contribution in [3.8, 4) is 0 Å². The molecule has 0 aliphatic rings. The van der Waals surface area contributed by atoms with Gasteiger partial charge in [0.1, 0.15) is 0 Å². The van der Waals surface area contributed by atoms with Crippen LogP contribution >= 0.6 is 0 Å². The van der Waals surface area contributed by atoms with Crippen LogP contribution in [-0.4, -0.2) is 58.8 Å². The van der Waals surface area contributed by atoms with E-state index in [0.717, 1.165) is 0 Å². The van der Waals surface area contributed by atoms with Crippen molar-refractivity contribution in [2.75, 3.05) is 0 Å². The van der Waals surface area contributed by atoms with E-state index in [1.54, 1.807) is 0 Å². The van der Waals surface area contributed by atoms with E-state index in [9.17, 15) is 25.7 Å². The number of aliphatic carboxylic acids is 2. The van der Waals surface area contributed by atoms with Crippen LogP contribution < -0.4 is 0 Å². The summed E-state index contributed by atoms with van der Waals surface area (Å²) < 4.78 is 23.8. The molecule has 9 nitrogen and oxygen atoms in total. The summed E-state index contributed by atoms with van der Waals surface area (Å²) in [6.45, 7) is 0. The van der Waals surface area contributed by atoms with Crippen LogP contribution in [0.3, 0.4) is 0 Å². The van der Waals surface area contributed by atoms with Crippen molar-refractivity contribution in [1.29, 1.82) is 0 Å². The molecule has 10 heteroatoms. The third-order valence-electron chi connectivity index (χ3n) is 1.45. The first kappa shape index (κ1) is 14.8. The van der Waals surface area contributed by atoms with Crippen molar-refractivity contribution >= 4 is 37.8 Å². The topological polar surface area (TPSA) is 155 Å². The van der Waals surface area contributed by atoms with E-state index < -0.39 is 56.3 Å². The van der Waals surface area contributed by atoms with Crippen molar-refractivity contribution < 1.29 is 39.0 Å². The first-order valence-corrected chi connectivity index (χ1v) is 6.83. The van der Waals surface area contributed by atoms with Crippen molar-refractivity contribution in [3.05, 3.63) is 0 Å². The molecule has 0 rings (SSSR count). The third-order valence-corrected chi connectivity index (χ3v) is 2.46. The molecule has 0 aromatic carbocycles. The van der Waals surface area contributed by atoms with Crippen molar-refractivity contribution in [1.82, 2.24) is 0 Å². The molecule has 0 aromatic heterocycles. The Morgan fingerprint density at radius 3 is 1.94 bits per heavy atom. The summed E-state index contributed by atoms with van der Waals surface area (Å²) in [4.78, 5) is 31.5. The first-order valence-electron chi connectivity index (χ1n) is 3.70.